The van der Waals surface area contributed by atoms with Gasteiger partial charge in [-0.05, 0) is 13.0 Å². The number of anilines is 1. The second kappa shape index (κ2) is 5.31. The van der Waals surface area contributed by atoms with Crippen LogP contribution in [0.15, 0.2) is 24.7 Å². The van der Waals surface area contributed by atoms with Gasteiger partial charge in [-0.1, -0.05) is 0 Å². The Labute approximate surface area is 112 Å². The van der Waals surface area contributed by atoms with Gasteiger partial charge in [-0.3, -0.25) is 9.59 Å². The Kier molecular flexibility index (Phi) is 3.56. The van der Waals surface area contributed by atoms with E-state index in [9.17, 15) is 14.4 Å². The molecule has 0 fully saturated rings. The van der Waals surface area contributed by atoms with Crippen molar-refractivity contribution in [1.82, 2.24) is 15.0 Å². The molecule has 0 aliphatic heterocycles. The number of ketones is 1. The Morgan fingerprint density at radius 1 is 1.25 bits per heavy atom. The third-order valence-corrected chi connectivity index (χ3v) is 2.47. The average molecular weight is 274 g/mol. The Morgan fingerprint density at radius 2 is 1.95 bits per heavy atom. The van der Waals surface area contributed by atoms with Crippen molar-refractivity contribution in [3.63, 3.8) is 0 Å². The first-order chi connectivity index (χ1) is 9.49. The lowest BCUT2D eigenvalue weighted by Crippen LogP contribution is -2.17. The average Bonchev–Trinajstić information content (AvgIpc) is 2.89. The van der Waals surface area contributed by atoms with Gasteiger partial charge in [-0.15, -0.1) is 0 Å². The zero-order chi connectivity index (χ0) is 14.7. The summed E-state index contributed by atoms with van der Waals surface area (Å²) < 4.78 is 0. The maximum absolute atomic E-state index is 11.9. The van der Waals surface area contributed by atoms with Crippen molar-refractivity contribution in [3.8, 4) is 0 Å². The van der Waals surface area contributed by atoms with Gasteiger partial charge in [0.2, 0.25) is 0 Å². The quantitative estimate of drug-likeness (QED) is 0.713. The number of carboxylic acid groups (broad SMARTS) is 1. The summed E-state index contributed by atoms with van der Waals surface area (Å²) in [5.74, 6) is -2.26. The molecule has 0 spiro atoms. The number of hydrogen-bond donors (Lipinski definition) is 3. The SMILES string of the molecule is CC(=O)c1c[nH]c(C(=O)Nc2nccnc2C(=O)O)c1. The van der Waals surface area contributed by atoms with E-state index < -0.39 is 11.9 Å². The number of carbonyl (C=O) groups excluding carboxylic acids is 2. The van der Waals surface area contributed by atoms with E-state index in [1.165, 1.54) is 31.6 Å². The molecule has 0 saturated carbocycles. The van der Waals surface area contributed by atoms with E-state index in [-0.39, 0.29) is 23.0 Å². The second-order valence-electron chi connectivity index (χ2n) is 3.87. The van der Waals surface area contributed by atoms with Gasteiger partial charge in [0.1, 0.15) is 5.69 Å². The highest BCUT2D eigenvalue weighted by molar-refractivity contribution is 6.06. The Bertz CT molecular complexity index is 692. The molecule has 0 unspecified atom stereocenters. The molecule has 2 rings (SSSR count). The molecule has 0 radical (unpaired) electrons. The highest BCUT2D eigenvalue weighted by atomic mass is 16.4. The zero-order valence-corrected chi connectivity index (χ0v) is 10.4. The minimum absolute atomic E-state index is 0.122. The van der Waals surface area contributed by atoms with E-state index in [1.807, 2.05) is 0 Å². The lowest BCUT2D eigenvalue weighted by molar-refractivity contribution is 0.0691. The first-order valence-corrected chi connectivity index (χ1v) is 5.54. The van der Waals surface area contributed by atoms with Crippen LogP contribution in [0.5, 0.6) is 0 Å². The number of rotatable bonds is 4. The minimum atomic E-state index is -1.30. The summed E-state index contributed by atoms with van der Waals surface area (Å²) in [6.45, 7) is 1.37. The third kappa shape index (κ3) is 2.69. The highest BCUT2D eigenvalue weighted by Gasteiger charge is 2.17. The molecule has 2 aromatic heterocycles. The lowest BCUT2D eigenvalue weighted by Gasteiger charge is -2.04. The summed E-state index contributed by atoms with van der Waals surface area (Å²) in [5.41, 5.74) is 0.115. The van der Waals surface area contributed by atoms with Gasteiger partial charge in [-0.2, -0.15) is 0 Å². The number of hydrogen-bond acceptors (Lipinski definition) is 5. The summed E-state index contributed by atoms with van der Waals surface area (Å²) in [6.07, 6.45) is 3.87. The maximum Gasteiger partial charge on any atom is 0.358 e. The Balaban J connectivity index is 2.23. The van der Waals surface area contributed by atoms with Gasteiger partial charge in [0, 0.05) is 24.2 Å². The fourth-order valence-electron chi connectivity index (χ4n) is 1.49. The van der Waals surface area contributed by atoms with Gasteiger partial charge in [-0.25, -0.2) is 14.8 Å². The normalized spacial score (nSPS) is 10.1. The van der Waals surface area contributed by atoms with Gasteiger partial charge < -0.3 is 15.4 Å². The van der Waals surface area contributed by atoms with Crippen molar-refractivity contribution in [2.45, 2.75) is 6.92 Å². The van der Waals surface area contributed by atoms with Gasteiger partial charge >= 0.3 is 5.97 Å². The number of amides is 1. The summed E-state index contributed by atoms with van der Waals surface area (Å²) in [5, 5.41) is 11.2. The highest BCUT2D eigenvalue weighted by Crippen LogP contribution is 2.11. The number of carbonyl (C=O) groups is 3. The van der Waals surface area contributed by atoms with Crippen LogP contribution in [-0.2, 0) is 0 Å². The number of aromatic amines is 1. The molecule has 0 aliphatic rings. The molecule has 0 atom stereocenters. The number of Topliss-reactive ketones (excluding diaryl/α,β-unsaturated/α-hetero) is 1. The van der Waals surface area contributed by atoms with Crippen LogP contribution in [0.25, 0.3) is 0 Å². The molecule has 1 amide bonds. The summed E-state index contributed by atoms with van der Waals surface area (Å²) in [4.78, 5) is 44.0. The number of H-pyrrole nitrogens is 1. The molecule has 0 saturated heterocycles. The molecule has 20 heavy (non-hydrogen) atoms. The molecule has 0 bridgehead atoms. The van der Waals surface area contributed by atoms with E-state index >= 15 is 0 Å². The third-order valence-electron chi connectivity index (χ3n) is 2.47. The van der Waals surface area contributed by atoms with E-state index in [4.69, 9.17) is 5.11 Å². The molecular weight excluding hydrogens is 264 g/mol. The lowest BCUT2D eigenvalue weighted by atomic mass is 10.2. The number of aromatic nitrogens is 3. The molecule has 2 aromatic rings. The predicted octanol–water partition coefficient (Wildman–Crippen LogP) is 0.958. The van der Waals surface area contributed by atoms with Crippen LogP contribution in [0, 0.1) is 0 Å². The fourth-order valence-corrected chi connectivity index (χ4v) is 1.49. The van der Waals surface area contributed by atoms with Crippen LogP contribution >= 0.6 is 0 Å². The Morgan fingerprint density at radius 3 is 2.55 bits per heavy atom. The van der Waals surface area contributed by atoms with Gasteiger partial charge in [0.15, 0.2) is 17.3 Å². The van der Waals surface area contributed by atoms with Crippen molar-refractivity contribution in [3.05, 3.63) is 41.6 Å². The first-order valence-electron chi connectivity index (χ1n) is 5.54. The smallest absolute Gasteiger partial charge is 0.358 e. The fraction of sp³-hybridized carbons (Fsp3) is 0.0833. The van der Waals surface area contributed by atoms with Crippen LogP contribution in [-0.4, -0.2) is 37.7 Å². The van der Waals surface area contributed by atoms with Crippen LogP contribution in [0.1, 0.15) is 38.3 Å². The number of carboxylic acids is 1. The minimum Gasteiger partial charge on any atom is -0.476 e. The predicted molar refractivity (Wildman–Crippen MR) is 67.7 cm³/mol. The van der Waals surface area contributed by atoms with Crippen molar-refractivity contribution < 1.29 is 19.5 Å². The molecule has 102 valence electrons. The molecule has 8 nitrogen and oxygen atoms in total. The summed E-state index contributed by atoms with van der Waals surface area (Å²) in [7, 11) is 0. The second-order valence-corrected chi connectivity index (χ2v) is 3.87. The Hall–Kier alpha value is -3.03. The zero-order valence-electron chi connectivity index (χ0n) is 10.4. The van der Waals surface area contributed by atoms with Gasteiger partial charge in [0.25, 0.3) is 5.91 Å². The largest absolute Gasteiger partial charge is 0.476 e. The van der Waals surface area contributed by atoms with Crippen LogP contribution < -0.4 is 5.32 Å². The van der Waals surface area contributed by atoms with Crippen LogP contribution in [0.4, 0.5) is 5.82 Å². The summed E-state index contributed by atoms with van der Waals surface area (Å²) >= 11 is 0. The van der Waals surface area contributed by atoms with Crippen molar-refractivity contribution >= 4 is 23.5 Å². The van der Waals surface area contributed by atoms with E-state index in [0.717, 1.165) is 0 Å². The van der Waals surface area contributed by atoms with Crippen molar-refractivity contribution in [2.75, 3.05) is 5.32 Å². The topological polar surface area (TPSA) is 125 Å². The molecule has 0 aromatic carbocycles. The molecular formula is C12H10N4O4. The monoisotopic (exact) mass is 274 g/mol. The van der Waals surface area contributed by atoms with Crippen molar-refractivity contribution in [2.24, 2.45) is 0 Å². The maximum atomic E-state index is 11.9. The standard InChI is InChI=1S/C12H10N4O4/c1-6(17)7-4-8(15-5-7)11(18)16-10-9(12(19)20)13-2-3-14-10/h2-5,15H,1H3,(H,19,20)(H,14,16,18). The number of nitrogens with zero attached hydrogens (tertiary/aromatic N) is 2. The van der Waals surface area contributed by atoms with Crippen LogP contribution in [0.2, 0.25) is 0 Å². The number of aromatic carboxylic acids is 1. The molecule has 0 aliphatic carbocycles. The molecule has 2 heterocycles. The van der Waals surface area contributed by atoms with Crippen LogP contribution in [0.3, 0.4) is 0 Å². The van der Waals surface area contributed by atoms with E-state index in [2.05, 4.69) is 20.3 Å². The number of nitrogens with one attached hydrogen (secondary N) is 2. The van der Waals surface area contributed by atoms with Gasteiger partial charge in [0.05, 0.1) is 0 Å². The molecule has 8 heteroatoms. The van der Waals surface area contributed by atoms with E-state index in [0.29, 0.717) is 5.56 Å². The first kappa shape index (κ1) is 13.4. The van der Waals surface area contributed by atoms with E-state index in [1.54, 1.807) is 0 Å². The van der Waals surface area contributed by atoms with Crippen molar-refractivity contribution in [1.29, 1.82) is 0 Å². The summed E-state index contributed by atoms with van der Waals surface area (Å²) in [6, 6.07) is 1.37. The molecule has 3 N–H and O–H groups in total.